The molecule has 0 N–H and O–H groups in total. The Hall–Kier alpha value is 0.280. The second-order valence-electron chi connectivity index (χ2n) is 4.25. The van der Waals surface area contributed by atoms with Crippen LogP contribution in [-0.2, 0) is 0 Å². The fourth-order valence-corrected chi connectivity index (χ4v) is 3.34. The summed E-state index contributed by atoms with van der Waals surface area (Å²) in [5.74, 6) is 0. The summed E-state index contributed by atoms with van der Waals surface area (Å²) in [5.41, 5.74) is 1.70. The molecule has 1 saturated carbocycles. The summed E-state index contributed by atoms with van der Waals surface area (Å²) in [4.78, 5) is 0.407. The normalized spacial score (nSPS) is 20.0. The standard InChI is InChI=1S/C12H13BrCl2/c1-2-12(5-6-12)11(13)8-3-4-9(14)10(15)7-8/h3-4,7,11H,2,5-6H2,1H3. The number of rotatable bonds is 3. The molecule has 0 saturated heterocycles. The smallest absolute Gasteiger partial charge is 0.0595 e. The first-order chi connectivity index (χ1) is 7.09. The third kappa shape index (κ3) is 2.20. The van der Waals surface area contributed by atoms with Crippen LogP contribution >= 0.6 is 39.1 Å². The van der Waals surface area contributed by atoms with Crippen molar-refractivity contribution in [3.63, 3.8) is 0 Å². The lowest BCUT2D eigenvalue weighted by atomic mass is 9.94. The maximum Gasteiger partial charge on any atom is 0.0595 e. The van der Waals surface area contributed by atoms with Gasteiger partial charge < -0.3 is 0 Å². The van der Waals surface area contributed by atoms with Crippen molar-refractivity contribution in [1.29, 1.82) is 0 Å². The van der Waals surface area contributed by atoms with Gasteiger partial charge in [-0.1, -0.05) is 52.1 Å². The first-order valence-corrected chi connectivity index (χ1v) is 6.85. The minimum Gasteiger partial charge on any atom is -0.0833 e. The number of hydrogen-bond donors (Lipinski definition) is 0. The van der Waals surface area contributed by atoms with E-state index in [1.165, 1.54) is 24.8 Å². The van der Waals surface area contributed by atoms with E-state index in [1.807, 2.05) is 12.1 Å². The highest BCUT2D eigenvalue weighted by Gasteiger charge is 2.47. The first kappa shape index (κ1) is 11.8. The van der Waals surface area contributed by atoms with Gasteiger partial charge in [-0.3, -0.25) is 0 Å². The molecule has 1 atom stereocenters. The van der Waals surface area contributed by atoms with Crippen molar-refractivity contribution in [2.24, 2.45) is 5.41 Å². The predicted molar refractivity (Wildman–Crippen MR) is 70.1 cm³/mol. The summed E-state index contributed by atoms with van der Waals surface area (Å²) in [6.45, 7) is 2.25. The van der Waals surface area contributed by atoms with Crippen LogP contribution in [0, 0.1) is 5.41 Å². The fraction of sp³-hybridized carbons (Fsp3) is 0.500. The van der Waals surface area contributed by atoms with Crippen molar-refractivity contribution in [1.82, 2.24) is 0 Å². The molecule has 2 rings (SSSR count). The van der Waals surface area contributed by atoms with Gasteiger partial charge in [-0.25, -0.2) is 0 Å². The largest absolute Gasteiger partial charge is 0.0833 e. The van der Waals surface area contributed by atoms with E-state index in [9.17, 15) is 0 Å². The lowest BCUT2D eigenvalue weighted by molar-refractivity contribution is 0.484. The van der Waals surface area contributed by atoms with Gasteiger partial charge in [0, 0.05) is 4.83 Å². The molecule has 0 aromatic heterocycles. The Bertz CT molecular complexity index is 372. The Morgan fingerprint density at radius 1 is 1.33 bits per heavy atom. The van der Waals surface area contributed by atoms with E-state index >= 15 is 0 Å². The Morgan fingerprint density at radius 2 is 2.00 bits per heavy atom. The molecule has 0 aliphatic heterocycles. The van der Waals surface area contributed by atoms with Gasteiger partial charge in [-0.15, -0.1) is 0 Å². The summed E-state index contributed by atoms with van der Waals surface area (Å²) in [7, 11) is 0. The highest BCUT2D eigenvalue weighted by molar-refractivity contribution is 9.09. The molecule has 0 amide bonds. The van der Waals surface area contributed by atoms with E-state index < -0.39 is 0 Å². The average Bonchev–Trinajstić information content (AvgIpc) is 3.02. The van der Waals surface area contributed by atoms with E-state index in [4.69, 9.17) is 23.2 Å². The van der Waals surface area contributed by atoms with Gasteiger partial charge in [0.15, 0.2) is 0 Å². The van der Waals surface area contributed by atoms with Crippen LogP contribution in [0.15, 0.2) is 18.2 Å². The summed E-state index contributed by atoms with van der Waals surface area (Å²) in [5, 5.41) is 1.27. The van der Waals surface area contributed by atoms with Gasteiger partial charge in [0.05, 0.1) is 10.0 Å². The average molecular weight is 308 g/mol. The maximum atomic E-state index is 6.02. The molecule has 0 nitrogen and oxygen atoms in total. The van der Waals surface area contributed by atoms with Crippen LogP contribution < -0.4 is 0 Å². The molecule has 0 heterocycles. The Labute approximate surface area is 109 Å². The molecule has 1 aliphatic carbocycles. The zero-order valence-corrected chi connectivity index (χ0v) is 11.7. The molecule has 1 aliphatic rings. The molecule has 15 heavy (non-hydrogen) atoms. The minimum absolute atomic E-state index is 0.407. The van der Waals surface area contributed by atoms with Gasteiger partial charge in [0.1, 0.15) is 0 Å². The maximum absolute atomic E-state index is 6.02. The topological polar surface area (TPSA) is 0 Å². The van der Waals surface area contributed by atoms with E-state index in [1.54, 1.807) is 0 Å². The quantitative estimate of drug-likeness (QED) is 0.636. The van der Waals surface area contributed by atoms with Crippen LogP contribution in [0.2, 0.25) is 10.0 Å². The van der Waals surface area contributed by atoms with Crippen LogP contribution in [0.5, 0.6) is 0 Å². The lowest BCUT2D eigenvalue weighted by Gasteiger charge is -2.20. The van der Waals surface area contributed by atoms with Gasteiger partial charge in [0.2, 0.25) is 0 Å². The number of hydrogen-bond acceptors (Lipinski definition) is 0. The molecule has 0 spiro atoms. The van der Waals surface area contributed by atoms with Gasteiger partial charge >= 0.3 is 0 Å². The van der Waals surface area contributed by atoms with Crippen molar-refractivity contribution in [3.05, 3.63) is 33.8 Å². The predicted octanol–water partition coefficient (Wildman–Crippen LogP) is 5.62. The highest BCUT2D eigenvalue weighted by Crippen LogP contribution is 2.61. The number of alkyl halides is 1. The highest BCUT2D eigenvalue weighted by atomic mass is 79.9. The van der Waals surface area contributed by atoms with Crippen LogP contribution in [0.1, 0.15) is 36.6 Å². The van der Waals surface area contributed by atoms with Crippen LogP contribution in [0.25, 0.3) is 0 Å². The van der Waals surface area contributed by atoms with Crippen molar-refractivity contribution < 1.29 is 0 Å². The third-order valence-corrected chi connectivity index (χ3v) is 5.61. The summed E-state index contributed by atoms with van der Waals surface area (Å²) in [6.07, 6.45) is 3.82. The van der Waals surface area contributed by atoms with Crippen molar-refractivity contribution >= 4 is 39.1 Å². The molecule has 3 heteroatoms. The number of benzene rings is 1. The molecule has 1 aromatic carbocycles. The first-order valence-electron chi connectivity index (χ1n) is 5.18. The van der Waals surface area contributed by atoms with E-state index in [0.29, 0.717) is 20.3 Å². The van der Waals surface area contributed by atoms with Gasteiger partial charge in [-0.05, 0) is 42.4 Å². The second-order valence-corrected chi connectivity index (χ2v) is 5.98. The van der Waals surface area contributed by atoms with Crippen LogP contribution in [-0.4, -0.2) is 0 Å². The Morgan fingerprint density at radius 3 is 2.47 bits per heavy atom. The molecule has 1 aromatic rings. The van der Waals surface area contributed by atoms with Gasteiger partial charge in [-0.2, -0.15) is 0 Å². The monoisotopic (exact) mass is 306 g/mol. The Kier molecular flexibility index (Phi) is 3.35. The van der Waals surface area contributed by atoms with E-state index in [0.717, 1.165) is 0 Å². The molecule has 0 radical (unpaired) electrons. The zero-order chi connectivity index (χ0) is 11.1. The molecular weight excluding hydrogens is 295 g/mol. The summed E-state index contributed by atoms with van der Waals surface area (Å²) < 4.78 is 0. The fourth-order valence-electron chi connectivity index (χ4n) is 1.97. The molecule has 0 bridgehead atoms. The molecule has 82 valence electrons. The molecule has 1 fully saturated rings. The van der Waals surface area contributed by atoms with Crippen molar-refractivity contribution in [2.75, 3.05) is 0 Å². The van der Waals surface area contributed by atoms with Crippen molar-refractivity contribution in [3.8, 4) is 0 Å². The lowest BCUT2D eigenvalue weighted by Crippen LogP contribution is -2.06. The van der Waals surface area contributed by atoms with Crippen molar-refractivity contribution in [2.45, 2.75) is 31.0 Å². The third-order valence-electron chi connectivity index (χ3n) is 3.37. The minimum atomic E-state index is 0.407. The van der Waals surface area contributed by atoms with Crippen LogP contribution in [0.3, 0.4) is 0 Å². The summed E-state index contributed by atoms with van der Waals surface area (Å²) >= 11 is 15.7. The molecular formula is C12H13BrCl2. The Balaban J connectivity index is 2.26. The number of halogens is 3. The SMILES string of the molecule is CCC1(C(Br)c2ccc(Cl)c(Cl)c2)CC1. The summed E-state index contributed by atoms with van der Waals surface area (Å²) in [6, 6.07) is 5.90. The van der Waals surface area contributed by atoms with E-state index in [2.05, 4.69) is 28.9 Å². The second kappa shape index (κ2) is 4.27. The molecule has 1 unspecified atom stereocenters. The van der Waals surface area contributed by atoms with Crippen LogP contribution in [0.4, 0.5) is 0 Å². The van der Waals surface area contributed by atoms with E-state index in [-0.39, 0.29) is 0 Å². The van der Waals surface area contributed by atoms with Gasteiger partial charge in [0.25, 0.3) is 0 Å². The zero-order valence-electron chi connectivity index (χ0n) is 8.56.